The summed E-state index contributed by atoms with van der Waals surface area (Å²) in [4.78, 5) is 25.2. The Morgan fingerprint density at radius 2 is 2.04 bits per heavy atom. The van der Waals surface area contributed by atoms with Gasteiger partial charge in [-0.2, -0.15) is 0 Å². The quantitative estimate of drug-likeness (QED) is 0.807. The molecule has 3 fully saturated rings. The Morgan fingerprint density at radius 1 is 1.27 bits per heavy atom. The molecule has 0 bridgehead atoms. The molecule has 0 radical (unpaired) electrons. The number of carbonyl (C=O) groups excluding carboxylic acids is 1. The van der Waals surface area contributed by atoms with Crippen LogP contribution in [0.15, 0.2) is 18.5 Å². The predicted molar refractivity (Wildman–Crippen MR) is 97.6 cm³/mol. The zero-order valence-electron chi connectivity index (χ0n) is 14.4. The van der Waals surface area contributed by atoms with Crippen molar-refractivity contribution < 1.29 is 9.18 Å². The van der Waals surface area contributed by atoms with E-state index in [0.717, 1.165) is 41.5 Å². The molecule has 5 rings (SSSR count). The second-order valence-corrected chi connectivity index (χ2v) is 8.50. The molecule has 0 aliphatic carbocycles. The van der Waals surface area contributed by atoms with Gasteiger partial charge in [0.05, 0.1) is 10.9 Å². The molecule has 5 atom stereocenters. The number of thiazole rings is 1. The van der Waals surface area contributed by atoms with E-state index in [1.54, 1.807) is 24.5 Å². The maximum Gasteiger partial charge on any atom is 0.258 e. The van der Waals surface area contributed by atoms with Gasteiger partial charge in [0.2, 0.25) is 0 Å². The molecule has 3 aliphatic rings. The highest BCUT2D eigenvalue weighted by atomic mass is 32.1. The molecule has 3 aliphatic heterocycles. The number of hydrogen-bond acceptors (Lipinski definition) is 7. The molecule has 2 aromatic rings. The summed E-state index contributed by atoms with van der Waals surface area (Å²) in [5.41, 5.74) is 0.954. The van der Waals surface area contributed by atoms with Gasteiger partial charge in [0.15, 0.2) is 11.3 Å². The Morgan fingerprint density at radius 3 is 2.73 bits per heavy atom. The fourth-order valence-electron chi connectivity index (χ4n) is 4.31. The number of likely N-dealkylation sites (tertiary alicyclic amines) is 1. The summed E-state index contributed by atoms with van der Waals surface area (Å²) < 4.78 is 14.8. The van der Waals surface area contributed by atoms with Crippen LogP contribution < -0.4 is 15.5 Å². The van der Waals surface area contributed by atoms with Gasteiger partial charge in [0.25, 0.3) is 5.91 Å². The summed E-state index contributed by atoms with van der Waals surface area (Å²) in [6.45, 7) is 5.45. The molecule has 7 nitrogen and oxygen atoms in total. The van der Waals surface area contributed by atoms with Crippen LogP contribution in [0.1, 0.15) is 6.92 Å². The number of anilines is 1. The second-order valence-electron chi connectivity index (χ2n) is 7.49. The molecule has 5 heterocycles. The molecule has 0 spiro atoms. The van der Waals surface area contributed by atoms with Gasteiger partial charge in [-0.1, -0.05) is 11.3 Å². The van der Waals surface area contributed by atoms with Gasteiger partial charge in [-0.15, -0.1) is 0 Å². The van der Waals surface area contributed by atoms with E-state index >= 15 is 0 Å². The molecule has 138 valence electrons. The van der Waals surface area contributed by atoms with Crippen molar-refractivity contribution in [2.75, 3.05) is 31.1 Å². The van der Waals surface area contributed by atoms with Gasteiger partial charge in [0, 0.05) is 38.4 Å². The second kappa shape index (κ2) is 6.11. The summed E-state index contributed by atoms with van der Waals surface area (Å²) in [7, 11) is 0. The van der Waals surface area contributed by atoms with Crippen LogP contribution in [0.4, 0.5) is 9.52 Å². The Labute approximate surface area is 154 Å². The smallest absolute Gasteiger partial charge is 0.258 e. The van der Waals surface area contributed by atoms with Crippen molar-refractivity contribution in [2.45, 2.75) is 25.4 Å². The van der Waals surface area contributed by atoms with Crippen molar-refractivity contribution in [3.63, 3.8) is 0 Å². The zero-order chi connectivity index (χ0) is 17.8. The largest absolute Gasteiger partial charge is 0.347 e. The van der Waals surface area contributed by atoms with Crippen molar-refractivity contribution in [1.29, 1.82) is 0 Å². The van der Waals surface area contributed by atoms with Gasteiger partial charge in [-0.05, 0) is 24.8 Å². The molecule has 5 unspecified atom stereocenters. The maximum atomic E-state index is 13.7. The van der Waals surface area contributed by atoms with Crippen molar-refractivity contribution in [3.8, 4) is 0 Å². The third-order valence-corrected chi connectivity index (χ3v) is 6.82. The third-order valence-electron chi connectivity index (χ3n) is 5.72. The minimum Gasteiger partial charge on any atom is -0.347 e. The number of fused-ring (bicyclic) bond motifs is 2. The third kappa shape index (κ3) is 2.65. The number of nitrogens with one attached hydrogen (secondary N) is 2. The number of nitrogens with zero attached hydrogens (tertiary/aromatic N) is 4. The van der Waals surface area contributed by atoms with Crippen LogP contribution >= 0.6 is 11.3 Å². The molecule has 2 N–H and O–H groups in total. The van der Waals surface area contributed by atoms with Crippen molar-refractivity contribution in [3.05, 3.63) is 18.5 Å². The van der Waals surface area contributed by atoms with E-state index in [1.807, 2.05) is 12.3 Å². The van der Waals surface area contributed by atoms with E-state index in [0.29, 0.717) is 11.8 Å². The molecule has 0 saturated carbocycles. The first kappa shape index (κ1) is 16.3. The normalized spacial score (nSPS) is 35.1. The maximum absolute atomic E-state index is 13.7. The number of rotatable bonds is 2. The monoisotopic (exact) mass is 376 g/mol. The van der Waals surface area contributed by atoms with Gasteiger partial charge >= 0.3 is 0 Å². The minimum absolute atomic E-state index is 0.267. The highest BCUT2D eigenvalue weighted by Gasteiger charge is 2.45. The number of aromatic nitrogens is 2. The van der Waals surface area contributed by atoms with Crippen LogP contribution in [0.5, 0.6) is 0 Å². The van der Waals surface area contributed by atoms with E-state index in [9.17, 15) is 9.18 Å². The first-order chi connectivity index (χ1) is 12.6. The highest BCUT2D eigenvalue weighted by molar-refractivity contribution is 7.22. The number of pyridine rings is 1. The molecule has 3 saturated heterocycles. The van der Waals surface area contributed by atoms with Gasteiger partial charge in [0.1, 0.15) is 11.8 Å². The Kier molecular flexibility index (Phi) is 3.84. The lowest BCUT2D eigenvalue weighted by Crippen LogP contribution is -2.67. The van der Waals surface area contributed by atoms with E-state index in [2.05, 4.69) is 25.4 Å². The van der Waals surface area contributed by atoms with E-state index in [4.69, 9.17) is 4.98 Å². The fourth-order valence-corrected chi connectivity index (χ4v) is 5.26. The van der Waals surface area contributed by atoms with Crippen molar-refractivity contribution in [1.82, 2.24) is 25.5 Å². The predicted octanol–water partition coefficient (Wildman–Crippen LogP) is 0.789. The van der Waals surface area contributed by atoms with Gasteiger partial charge in [-0.25, -0.2) is 9.37 Å². The number of alkyl halides is 1. The molecule has 1 amide bonds. The molecular weight excluding hydrogens is 355 g/mol. The summed E-state index contributed by atoms with van der Waals surface area (Å²) in [5, 5.41) is 7.00. The Balaban J connectivity index is 1.25. The summed E-state index contributed by atoms with van der Waals surface area (Å²) in [5.74, 6) is 0.567. The lowest BCUT2D eigenvalue weighted by molar-refractivity contribution is -0.133. The van der Waals surface area contributed by atoms with Crippen LogP contribution in [0.3, 0.4) is 0 Å². The van der Waals surface area contributed by atoms with E-state index in [1.165, 1.54) is 0 Å². The average Bonchev–Trinajstić information content (AvgIpc) is 3.30. The van der Waals surface area contributed by atoms with Gasteiger partial charge < -0.3 is 10.2 Å². The first-order valence-electron chi connectivity index (χ1n) is 8.98. The van der Waals surface area contributed by atoms with E-state index < -0.39 is 18.1 Å². The molecule has 9 heteroatoms. The molecule has 26 heavy (non-hydrogen) atoms. The SMILES string of the molecule is CC1NC(N2CC3CN(c4nc5cnccc5s4)CC3C2)NC(=O)C1F. The first-order valence-corrected chi connectivity index (χ1v) is 9.80. The number of amides is 1. The van der Waals surface area contributed by atoms with Crippen LogP contribution in [-0.2, 0) is 4.79 Å². The molecular formula is C17H21FN6OS. The lowest BCUT2D eigenvalue weighted by atomic mass is 10.0. The molecule has 0 aromatic carbocycles. The van der Waals surface area contributed by atoms with Crippen molar-refractivity contribution in [2.24, 2.45) is 11.8 Å². The van der Waals surface area contributed by atoms with Crippen LogP contribution in [0, 0.1) is 11.8 Å². The minimum atomic E-state index is -1.47. The van der Waals surface area contributed by atoms with Gasteiger partial charge in [-0.3, -0.25) is 20.0 Å². The van der Waals surface area contributed by atoms with Crippen LogP contribution in [-0.4, -0.2) is 65.5 Å². The fraction of sp³-hybridized carbons (Fsp3) is 0.588. The Hall–Kier alpha value is -1.84. The lowest BCUT2D eigenvalue weighted by Gasteiger charge is -2.37. The summed E-state index contributed by atoms with van der Waals surface area (Å²) in [6, 6.07) is 1.55. The summed E-state index contributed by atoms with van der Waals surface area (Å²) in [6.07, 6.45) is 1.87. The van der Waals surface area contributed by atoms with Crippen LogP contribution in [0.2, 0.25) is 0 Å². The number of hydrogen-bond donors (Lipinski definition) is 2. The van der Waals surface area contributed by atoms with E-state index in [-0.39, 0.29) is 6.29 Å². The topological polar surface area (TPSA) is 73.4 Å². The summed E-state index contributed by atoms with van der Waals surface area (Å²) >= 11 is 1.71. The molecule has 2 aromatic heterocycles. The Bertz CT molecular complexity index is 799. The average molecular weight is 376 g/mol. The number of halogens is 1. The number of carbonyl (C=O) groups is 1. The highest BCUT2D eigenvalue weighted by Crippen LogP contribution is 2.37. The van der Waals surface area contributed by atoms with Crippen molar-refractivity contribution >= 4 is 32.6 Å². The zero-order valence-corrected chi connectivity index (χ0v) is 15.2. The van der Waals surface area contributed by atoms with Crippen LogP contribution in [0.25, 0.3) is 10.2 Å². The standard InChI is InChI=1S/C17H21FN6OS/c1-9-14(18)15(25)22-16(20-9)23-5-10-7-24(8-11(10)6-23)17-21-12-4-19-3-2-13(12)26-17/h2-4,9-11,14,16,20H,5-8H2,1H3,(H,22,25).